The van der Waals surface area contributed by atoms with Gasteiger partial charge in [-0.1, -0.05) is 30.3 Å². The lowest BCUT2D eigenvalue weighted by Crippen LogP contribution is -2.04. The van der Waals surface area contributed by atoms with Crippen molar-refractivity contribution in [1.82, 2.24) is 29.5 Å². The molecule has 4 rings (SSSR count). The monoisotopic (exact) mass is 331 g/mol. The average Bonchev–Trinajstić information content (AvgIpc) is 3.33. The van der Waals surface area contributed by atoms with E-state index in [9.17, 15) is 0 Å². The van der Waals surface area contributed by atoms with Gasteiger partial charge in [-0.05, 0) is 17.7 Å². The Kier molecular flexibility index (Phi) is 4.20. The number of benzene rings is 1. The van der Waals surface area contributed by atoms with Crippen LogP contribution in [-0.2, 0) is 13.1 Å². The van der Waals surface area contributed by atoms with Gasteiger partial charge in [0.05, 0.1) is 12.7 Å². The summed E-state index contributed by atoms with van der Waals surface area (Å²) in [7, 11) is 0. The van der Waals surface area contributed by atoms with Gasteiger partial charge < -0.3 is 5.32 Å². The minimum absolute atomic E-state index is 0.647. The molecule has 0 radical (unpaired) electrons. The van der Waals surface area contributed by atoms with E-state index in [2.05, 4.69) is 37.7 Å². The maximum atomic E-state index is 4.40. The molecule has 0 fully saturated rings. The van der Waals surface area contributed by atoms with Crippen molar-refractivity contribution in [2.24, 2.45) is 0 Å². The standard InChI is InChI=1S/C18H17N7/c1-2-4-15(5-3-1)12-25-13-16(11-21-25)10-20-17-6-7-18(23-22-17)24-9-8-19-14-24/h1-9,11,13-14H,10,12H2,(H,20,22). The maximum Gasteiger partial charge on any atom is 0.160 e. The van der Waals surface area contributed by atoms with E-state index in [-0.39, 0.29) is 0 Å². The highest BCUT2D eigenvalue weighted by Gasteiger charge is 2.02. The van der Waals surface area contributed by atoms with Crippen LogP contribution >= 0.6 is 0 Å². The predicted octanol–water partition coefficient (Wildman–Crippen LogP) is 2.52. The Hall–Kier alpha value is -3.48. The van der Waals surface area contributed by atoms with Gasteiger partial charge in [-0.3, -0.25) is 9.25 Å². The fraction of sp³-hybridized carbons (Fsp3) is 0.111. The summed E-state index contributed by atoms with van der Waals surface area (Å²) < 4.78 is 3.74. The second-order valence-electron chi connectivity index (χ2n) is 5.63. The third-order valence-electron chi connectivity index (χ3n) is 3.77. The van der Waals surface area contributed by atoms with Crippen molar-refractivity contribution >= 4 is 5.82 Å². The highest BCUT2D eigenvalue weighted by atomic mass is 15.3. The van der Waals surface area contributed by atoms with Gasteiger partial charge in [0.15, 0.2) is 5.82 Å². The van der Waals surface area contributed by atoms with Crippen molar-refractivity contribution in [3.05, 3.63) is 84.7 Å². The number of nitrogens with zero attached hydrogens (tertiary/aromatic N) is 6. The maximum absolute atomic E-state index is 4.40. The first kappa shape index (κ1) is 15.1. The quantitative estimate of drug-likeness (QED) is 0.588. The molecule has 4 aromatic rings. The van der Waals surface area contributed by atoms with Crippen molar-refractivity contribution in [2.45, 2.75) is 13.1 Å². The van der Waals surface area contributed by atoms with Gasteiger partial charge in [0.1, 0.15) is 12.1 Å². The van der Waals surface area contributed by atoms with Crippen molar-refractivity contribution in [3.63, 3.8) is 0 Å². The summed E-state index contributed by atoms with van der Waals surface area (Å²) in [5, 5.41) is 16.0. The third kappa shape index (κ3) is 3.72. The summed E-state index contributed by atoms with van der Waals surface area (Å²) in [6.07, 6.45) is 9.13. The van der Waals surface area contributed by atoms with Crippen LogP contribution < -0.4 is 5.32 Å². The molecule has 1 aromatic carbocycles. The number of rotatable bonds is 6. The fourth-order valence-corrected chi connectivity index (χ4v) is 2.50. The van der Waals surface area contributed by atoms with Gasteiger partial charge in [0, 0.05) is 30.7 Å². The van der Waals surface area contributed by atoms with Crippen LogP contribution in [0.1, 0.15) is 11.1 Å². The zero-order valence-electron chi connectivity index (χ0n) is 13.5. The van der Waals surface area contributed by atoms with Gasteiger partial charge in [-0.15, -0.1) is 10.2 Å². The second kappa shape index (κ2) is 6.96. The molecule has 0 aliphatic carbocycles. The van der Waals surface area contributed by atoms with Gasteiger partial charge >= 0.3 is 0 Å². The Morgan fingerprint density at radius 2 is 1.88 bits per heavy atom. The predicted molar refractivity (Wildman–Crippen MR) is 94.3 cm³/mol. The number of imidazole rings is 1. The van der Waals surface area contributed by atoms with Crippen LogP contribution in [0.25, 0.3) is 5.82 Å². The van der Waals surface area contributed by atoms with Crippen LogP contribution in [0.15, 0.2) is 73.6 Å². The van der Waals surface area contributed by atoms with Crippen LogP contribution in [0.3, 0.4) is 0 Å². The second-order valence-corrected chi connectivity index (χ2v) is 5.63. The molecule has 25 heavy (non-hydrogen) atoms. The van der Waals surface area contributed by atoms with Gasteiger partial charge in [-0.25, -0.2) is 4.98 Å². The molecule has 124 valence electrons. The number of hydrogen-bond acceptors (Lipinski definition) is 5. The molecule has 7 heteroatoms. The van der Waals surface area contributed by atoms with E-state index in [1.807, 2.05) is 58.2 Å². The fourth-order valence-electron chi connectivity index (χ4n) is 2.50. The molecule has 0 atom stereocenters. The van der Waals surface area contributed by atoms with E-state index in [0.717, 1.165) is 23.7 Å². The SMILES string of the molecule is c1ccc(Cn2cc(CNc3ccc(-n4ccnc4)nn3)cn2)cc1. The summed E-state index contributed by atoms with van der Waals surface area (Å²) in [4.78, 5) is 4.00. The Morgan fingerprint density at radius 1 is 0.960 bits per heavy atom. The normalized spacial score (nSPS) is 10.7. The van der Waals surface area contributed by atoms with Gasteiger partial charge in [-0.2, -0.15) is 5.10 Å². The van der Waals surface area contributed by atoms with Crippen LogP contribution in [0, 0.1) is 0 Å². The minimum atomic E-state index is 0.647. The Balaban J connectivity index is 1.35. The molecule has 0 spiro atoms. The van der Waals surface area contributed by atoms with Crippen molar-refractivity contribution in [2.75, 3.05) is 5.32 Å². The third-order valence-corrected chi connectivity index (χ3v) is 3.77. The molecule has 0 amide bonds. The zero-order chi connectivity index (χ0) is 16.9. The highest BCUT2D eigenvalue weighted by Crippen LogP contribution is 2.09. The molecule has 0 bridgehead atoms. The van der Waals surface area contributed by atoms with Crippen molar-refractivity contribution in [1.29, 1.82) is 0 Å². The zero-order valence-corrected chi connectivity index (χ0v) is 13.5. The molecule has 0 saturated heterocycles. The van der Waals surface area contributed by atoms with E-state index < -0.39 is 0 Å². The topological polar surface area (TPSA) is 73.5 Å². The Bertz CT molecular complexity index is 912. The first-order valence-electron chi connectivity index (χ1n) is 7.98. The molecular formula is C18H17N7. The summed E-state index contributed by atoms with van der Waals surface area (Å²) >= 11 is 0. The van der Waals surface area contributed by atoms with Crippen LogP contribution in [0.2, 0.25) is 0 Å². The van der Waals surface area contributed by atoms with Crippen LogP contribution in [0.5, 0.6) is 0 Å². The summed E-state index contributed by atoms with van der Waals surface area (Å²) in [5.74, 6) is 1.46. The molecule has 7 nitrogen and oxygen atoms in total. The van der Waals surface area contributed by atoms with Crippen LogP contribution in [-0.4, -0.2) is 29.5 Å². The molecule has 0 unspecified atom stereocenters. The summed E-state index contributed by atoms with van der Waals surface area (Å²) in [6.45, 7) is 1.41. The summed E-state index contributed by atoms with van der Waals surface area (Å²) in [6, 6.07) is 14.1. The number of hydrogen-bond donors (Lipinski definition) is 1. The minimum Gasteiger partial charge on any atom is -0.364 e. The largest absolute Gasteiger partial charge is 0.364 e. The lowest BCUT2D eigenvalue weighted by molar-refractivity contribution is 0.686. The first-order chi connectivity index (χ1) is 12.4. The molecule has 3 aromatic heterocycles. The highest BCUT2D eigenvalue weighted by molar-refractivity contribution is 5.37. The number of nitrogens with one attached hydrogen (secondary N) is 1. The molecule has 0 aliphatic rings. The Morgan fingerprint density at radius 3 is 2.64 bits per heavy atom. The molecule has 0 saturated carbocycles. The Labute approximate surface area is 145 Å². The molecule has 3 heterocycles. The van der Waals surface area contributed by atoms with E-state index in [1.54, 1.807) is 12.5 Å². The number of anilines is 1. The van der Waals surface area contributed by atoms with E-state index in [0.29, 0.717) is 6.54 Å². The van der Waals surface area contributed by atoms with Gasteiger partial charge in [0.2, 0.25) is 0 Å². The lowest BCUT2D eigenvalue weighted by Gasteiger charge is -2.04. The van der Waals surface area contributed by atoms with E-state index in [4.69, 9.17) is 0 Å². The number of aromatic nitrogens is 6. The van der Waals surface area contributed by atoms with E-state index in [1.165, 1.54) is 5.56 Å². The lowest BCUT2D eigenvalue weighted by atomic mass is 10.2. The summed E-state index contributed by atoms with van der Waals surface area (Å²) in [5.41, 5.74) is 2.32. The smallest absolute Gasteiger partial charge is 0.160 e. The molecule has 1 N–H and O–H groups in total. The molecule has 0 aliphatic heterocycles. The van der Waals surface area contributed by atoms with Crippen molar-refractivity contribution in [3.8, 4) is 5.82 Å². The van der Waals surface area contributed by atoms with Crippen molar-refractivity contribution < 1.29 is 0 Å². The molecular weight excluding hydrogens is 314 g/mol. The van der Waals surface area contributed by atoms with Crippen LogP contribution in [0.4, 0.5) is 5.82 Å². The average molecular weight is 331 g/mol. The van der Waals surface area contributed by atoms with E-state index >= 15 is 0 Å². The van der Waals surface area contributed by atoms with Gasteiger partial charge in [0.25, 0.3) is 0 Å². The first-order valence-corrected chi connectivity index (χ1v) is 7.98.